The molecule has 3 aromatic rings. The third kappa shape index (κ3) is 3.88. The predicted octanol–water partition coefficient (Wildman–Crippen LogP) is 4.78. The Morgan fingerprint density at radius 1 is 1.06 bits per heavy atom. The number of imide groups is 1. The van der Waals surface area contributed by atoms with Crippen molar-refractivity contribution >= 4 is 51.5 Å². The van der Waals surface area contributed by atoms with Gasteiger partial charge in [-0.05, 0) is 67.9 Å². The molecule has 0 spiro atoms. The molecule has 1 N–H and O–H groups in total. The van der Waals surface area contributed by atoms with Crippen molar-refractivity contribution in [1.29, 1.82) is 0 Å². The van der Waals surface area contributed by atoms with Crippen LogP contribution in [0.25, 0.3) is 17.0 Å². The van der Waals surface area contributed by atoms with E-state index in [4.69, 9.17) is 0 Å². The number of hydrogen-bond acceptors (Lipinski definition) is 4. The molecule has 0 aliphatic carbocycles. The number of fused-ring (bicyclic) bond motifs is 1. The van der Waals surface area contributed by atoms with Crippen LogP contribution < -0.4 is 5.32 Å². The molecule has 1 aliphatic rings. The number of carbonyl (C=O) groups is 3. The molecule has 7 heteroatoms. The van der Waals surface area contributed by atoms with Gasteiger partial charge in [0, 0.05) is 34.9 Å². The third-order valence-electron chi connectivity index (χ3n) is 5.69. The first-order valence-corrected chi connectivity index (χ1v) is 10.7. The number of hydrogen-bond donors (Lipinski definition) is 1. The molecule has 1 saturated heterocycles. The monoisotopic (exact) mass is 433 g/mol. The summed E-state index contributed by atoms with van der Waals surface area (Å²) in [7, 11) is 1.97. The number of carbonyl (C=O) groups excluding carboxylic acids is 3. The van der Waals surface area contributed by atoms with Gasteiger partial charge >= 0.3 is 0 Å². The van der Waals surface area contributed by atoms with Gasteiger partial charge in [0.05, 0.1) is 4.91 Å². The molecule has 0 bridgehead atoms. The fourth-order valence-electron chi connectivity index (χ4n) is 3.66. The molecular formula is C24H23N3O3S. The molecule has 4 rings (SSSR count). The van der Waals surface area contributed by atoms with Crippen LogP contribution in [0.4, 0.5) is 10.5 Å². The predicted molar refractivity (Wildman–Crippen MR) is 125 cm³/mol. The van der Waals surface area contributed by atoms with E-state index in [9.17, 15) is 14.4 Å². The summed E-state index contributed by atoms with van der Waals surface area (Å²) in [6, 6.07) is 13.5. The molecule has 1 aliphatic heterocycles. The van der Waals surface area contributed by atoms with E-state index >= 15 is 0 Å². The lowest BCUT2D eigenvalue weighted by Gasteiger charge is -2.13. The number of rotatable bonds is 4. The molecule has 6 nitrogen and oxygen atoms in total. The lowest BCUT2D eigenvalue weighted by Crippen LogP contribution is -2.36. The van der Waals surface area contributed by atoms with Gasteiger partial charge in [0.25, 0.3) is 11.1 Å². The van der Waals surface area contributed by atoms with Crippen molar-refractivity contribution in [3.63, 3.8) is 0 Å². The van der Waals surface area contributed by atoms with Gasteiger partial charge in [0.15, 0.2) is 0 Å². The largest absolute Gasteiger partial charge is 0.347 e. The summed E-state index contributed by atoms with van der Waals surface area (Å²) >= 11 is 0.865. The van der Waals surface area contributed by atoms with Gasteiger partial charge in [-0.2, -0.15) is 0 Å². The quantitative estimate of drug-likeness (QED) is 0.601. The third-order valence-corrected chi connectivity index (χ3v) is 6.60. The number of nitrogens with zero attached hydrogens (tertiary/aromatic N) is 2. The zero-order chi connectivity index (χ0) is 22.3. The van der Waals surface area contributed by atoms with Crippen LogP contribution in [-0.4, -0.2) is 33.1 Å². The lowest BCUT2D eigenvalue weighted by molar-refractivity contribution is -0.127. The summed E-state index contributed by atoms with van der Waals surface area (Å²) in [5, 5.41) is 3.34. The first-order chi connectivity index (χ1) is 14.8. The maximum absolute atomic E-state index is 12.9. The molecule has 0 atom stereocenters. The van der Waals surface area contributed by atoms with Crippen LogP contribution in [0.2, 0.25) is 0 Å². The molecule has 0 radical (unpaired) electrons. The zero-order valence-corrected chi connectivity index (χ0v) is 18.7. The number of para-hydroxylation sites is 1. The van der Waals surface area contributed by atoms with Crippen LogP contribution in [0.5, 0.6) is 0 Å². The number of nitrogens with one attached hydrogen (secondary N) is 1. The van der Waals surface area contributed by atoms with Crippen molar-refractivity contribution < 1.29 is 14.4 Å². The first-order valence-electron chi connectivity index (χ1n) is 9.92. The second kappa shape index (κ2) is 8.07. The van der Waals surface area contributed by atoms with E-state index in [1.807, 2.05) is 64.2 Å². The Morgan fingerprint density at radius 3 is 2.55 bits per heavy atom. The summed E-state index contributed by atoms with van der Waals surface area (Å²) < 4.78 is 2.06. The van der Waals surface area contributed by atoms with Crippen LogP contribution in [0.3, 0.4) is 0 Å². The molecule has 2 heterocycles. The number of anilines is 1. The molecule has 1 aromatic heterocycles. The summed E-state index contributed by atoms with van der Waals surface area (Å²) in [6.45, 7) is 5.61. The highest BCUT2D eigenvalue weighted by Crippen LogP contribution is 2.35. The van der Waals surface area contributed by atoms with Crippen molar-refractivity contribution in [3.05, 3.63) is 69.8 Å². The maximum Gasteiger partial charge on any atom is 0.294 e. The van der Waals surface area contributed by atoms with Crippen LogP contribution in [0.15, 0.2) is 47.4 Å². The Bertz CT molecular complexity index is 1270. The van der Waals surface area contributed by atoms with E-state index in [-0.39, 0.29) is 6.54 Å². The number of thioether (sulfide) groups is 1. The van der Waals surface area contributed by atoms with E-state index < -0.39 is 17.1 Å². The topological polar surface area (TPSA) is 71.4 Å². The maximum atomic E-state index is 12.9. The van der Waals surface area contributed by atoms with Gasteiger partial charge in [-0.3, -0.25) is 19.3 Å². The van der Waals surface area contributed by atoms with Crippen molar-refractivity contribution in [2.24, 2.45) is 7.05 Å². The fraction of sp³-hybridized carbons (Fsp3) is 0.208. The molecule has 1 fully saturated rings. The Hall–Kier alpha value is -3.32. The van der Waals surface area contributed by atoms with Gasteiger partial charge in [-0.1, -0.05) is 24.3 Å². The minimum atomic E-state index is -0.447. The zero-order valence-electron chi connectivity index (χ0n) is 17.9. The first kappa shape index (κ1) is 20.9. The highest BCUT2D eigenvalue weighted by Gasteiger charge is 2.36. The van der Waals surface area contributed by atoms with E-state index in [0.717, 1.165) is 49.9 Å². The average molecular weight is 434 g/mol. The van der Waals surface area contributed by atoms with Gasteiger partial charge in [-0.25, -0.2) is 0 Å². The van der Waals surface area contributed by atoms with Gasteiger partial charge < -0.3 is 9.88 Å². The fourth-order valence-corrected chi connectivity index (χ4v) is 4.48. The number of aryl methyl sites for hydroxylation is 3. The summed E-state index contributed by atoms with van der Waals surface area (Å²) in [5.74, 6) is -0.856. The summed E-state index contributed by atoms with van der Waals surface area (Å²) in [4.78, 5) is 39.1. The van der Waals surface area contributed by atoms with Crippen LogP contribution in [0.1, 0.15) is 22.4 Å². The van der Waals surface area contributed by atoms with Crippen LogP contribution in [-0.2, 0) is 16.6 Å². The minimum Gasteiger partial charge on any atom is -0.347 e. The van der Waals surface area contributed by atoms with Gasteiger partial charge in [0.2, 0.25) is 5.91 Å². The Labute approximate surface area is 184 Å². The second-order valence-corrected chi connectivity index (χ2v) is 8.68. The van der Waals surface area contributed by atoms with E-state index in [1.54, 1.807) is 12.1 Å². The summed E-state index contributed by atoms with van der Waals surface area (Å²) in [6.07, 6.45) is 1.75. The molecule has 31 heavy (non-hydrogen) atoms. The van der Waals surface area contributed by atoms with Crippen molar-refractivity contribution in [2.75, 3.05) is 11.9 Å². The SMILES string of the molecule is Cc1ccc(NC(=O)CN2C(=O)S/C(=C\c3c(C)n(C)c4ccccc34)C2=O)cc1C. The Morgan fingerprint density at radius 2 is 1.81 bits per heavy atom. The van der Waals surface area contributed by atoms with Crippen molar-refractivity contribution in [1.82, 2.24) is 9.47 Å². The number of aromatic nitrogens is 1. The van der Waals surface area contributed by atoms with Gasteiger partial charge in [-0.15, -0.1) is 0 Å². The highest BCUT2D eigenvalue weighted by atomic mass is 32.2. The Balaban J connectivity index is 1.55. The second-order valence-electron chi connectivity index (χ2n) is 7.69. The Kier molecular flexibility index (Phi) is 5.45. The smallest absolute Gasteiger partial charge is 0.294 e. The highest BCUT2D eigenvalue weighted by molar-refractivity contribution is 8.18. The van der Waals surface area contributed by atoms with Crippen LogP contribution in [0, 0.1) is 20.8 Å². The van der Waals surface area contributed by atoms with E-state index in [1.165, 1.54) is 0 Å². The molecule has 2 aromatic carbocycles. The van der Waals surface area contributed by atoms with E-state index in [0.29, 0.717) is 10.6 Å². The number of benzene rings is 2. The normalized spacial score (nSPS) is 15.4. The standard InChI is InChI=1S/C24H23N3O3S/c1-14-9-10-17(11-15(14)2)25-22(28)13-27-23(29)21(31-24(27)30)12-19-16(3)26(4)20-8-6-5-7-18(19)20/h5-12H,13H2,1-4H3,(H,25,28)/b21-12-. The van der Waals surface area contributed by atoms with Crippen molar-refractivity contribution in [3.8, 4) is 0 Å². The molecule has 158 valence electrons. The average Bonchev–Trinajstić information content (AvgIpc) is 3.14. The van der Waals surface area contributed by atoms with Crippen molar-refractivity contribution in [2.45, 2.75) is 20.8 Å². The molecular weight excluding hydrogens is 410 g/mol. The van der Waals surface area contributed by atoms with Gasteiger partial charge in [0.1, 0.15) is 6.54 Å². The molecule has 3 amide bonds. The summed E-state index contributed by atoms with van der Waals surface area (Å²) in [5.41, 5.74) is 5.78. The lowest BCUT2D eigenvalue weighted by atomic mass is 10.1. The number of amides is 3. The molecule has 0 saturated carbocycles. The molecule has 0 unspecified atom stereocenters. The van der Waals surface area contributed by atoms with E-state index in [2.05, 4.69) is 9.88 Å². The van der Waals surface area contributed by atoms with Crippen LogP contribution >= 0.6 is 11.8 Å². The minimum absolute atomic E-state index is 0.316.